The Labute approximate surface area is 135 Å². The lowest BCUT2D eigenvalue weighted by atomic mass is 10.2. The van der Waals surface area contributed by atoms with E-state index in [1.807, 2.05) is 24.7 Å². The molecule has 5 nitrogen and oxygen atoms in total. The summed E-state index contributed by atoms with van der Waals surface area (Å²) in [6.45, 7) is 5.22. The molecule has 0 aliphatic rings. The van der Waals surface area contributed by atoms with Crippen LogP contribution >= 0.6 is 11.3 Å². The normalized spacial score (nSPS) is 10.5. The molecule has 0 aromatic carbocycles. The number of carbonyl (C=O) groups excluding carboxylic acids is 1. The molecule has 2 aromatic rings. The predicted octanol–water partition coefficient (Wildman–Crippen LogP) is 2.79. The van der Waals surface area contributed by atoms with Crippen LogP contribution in [0.3, 0.4) is 0 Å². The summed E-state index contributed by atoms with van der Waals surface area (Å²) < 4.78 is 0. The maximum atomic E-state index is 12.1. The number of aryl methyl sites for hydroxylation is 2. The molecule has 6 heteroatoms. The molecule has 0 atom stereocenters. The van der Waals surface area contributed by atoms with Crippen molar-refractivity contribution in [2.75, 3.05) is 13.6 Å². The summed E-state index contributed by atoms with van der Waals surface area (Å²) in [5.74, 6) is 0. The molecule has 22 heavy (non-hydrogen) atoms. The molecule has 0 aliphatic heterocycles. The van der Waals surface area contributed by atoms with E-state index < -0.39 is 0 Å². The highest BCUT2D eigenvalue weighted by atomic mass is 32.1. The van der Waals surface area contributed by atoms with Crippen molar-refractivity contribution in [1.82, 2.24) is 20.2 Å². The Morgan fingerprint density at radius 3 is 2.77 bits per heavy atom. The van der Waals surface area contributed by atoms with Crippen molar-refractivity contribution >= 4 is 17.4 Å². The van der Waals surface area contributed by atoms with E-state index in [-0.39, 0.29) is 6.03 Å². The van der Waals surface area contributed by atoms with E-state index >= 15 is 0 Å². The van der Waals surface area contributed by atoms with Crippen LogP contribution < -0.4 is 5.32 Å². The Bertz CT molecular complexity index is 609. The molecular formula is C16H22N4OS. The highest BCUT2D eigenvalue weighted by Gasteiger charge is 2.10. The fourth-order valence-corrected chi connectivity index (χ4v) is 2.84. The van der Waals surface area contributed by atoms with E-state index in [0.29, 0.717) is 13.1 Å². The summed E-state index contributed by atoms with van der Waals surface area (Å²) in [4.78, 5) is 23.5. The first-order valence-corrected chi connectivity index (χ1v) is 8.29. The lowest BCUT2D eigenvalue weighted by Crippen LogP contribution is -2.37. The maximum absolute atomic E-state index is 12.1. The molecule has 0 aliphatic carbocycles. The van der Waals surface area contributed by atoms with E-state index in [4.69, 9.17) is 0 Å². The Morgan fingerprint density at radius 1 is 1.36 bits per heavy atom. The minimum Gasteiger partial charge on any atom is -0.338 e. The van der Waals surface area contributed by atoms with Gasteiger partial charge in [0.1, 0.15) is 0 Å². The van der Waals surface area contributed by atoms with E-state index in [2.05, 4.69) is 28.3 Å². The summed E-state index contributed by atoms with van der Waals surface area (Å²) in [5, 5.41) is 2.93. The van der Waals surface area contributed by atoms with Crippen LogP contribution in [0.1, 0.15) is 28.8 Å². The molecule has 2 rings (SSSR count). The Morgan fingerprint density at radius 2 is 2.18 bits per heavy atom. The van der Waals surface area contributed by atoms with Gasteiger partial charge in [-0.3, -0.25) is 4.98 Å². The maximum Gasteiger partial charge on any atom is 0.317 e. The van der Waals surface area contributed by atoms with E-state index in [1.54, 1.807) is 23.3 Å². The first kappa shape index (κ1) is 16.4. The minimum absolute atomic E-state index is 0.0801. The van der Waals surface area contributed by atoms with Crippen molar-refractivity contribution in [3.05, 3.63) is 45.7 Å². The van der Waals surface area contributed by atoms with Crippen LogP contribution in [0.25, 0.3) is 0 Å². The number of nitrogens with zero attached hydrogens (tertiary/aromatic N) is 3. The summed E-state index contributed by atoms with van der Waals surface area (Å²) in [6.07, 6.45) is 3.66. The Balaban J connectivity index is 1.77. The quantitative estimate of drug-likeness (QED) is 0.891. The third kappa shape index (κ3) is 4.53. The molecule has 1 N–H and O–H groups in total. The van der Waals surface area contributed by atoms with Gasteiger partial charge in [-0.25, -0.2) is 9.78 Å². The van der Waals surface area contributed by atoms with Gasteiger partial charge in [0.15, 0.2) is 0 Å². The van der Waals surface area contributed by atoms with Gasteiger partial charge in [-0.2, -0.15) is 0 Å². The summed E-state index contributed by atoms with van der Waals surface area (Å²) >= 11 is 1.63. The number of rotatable bonds is 6. The lowest BCUT2D eigenvalue weighted by molar-refractivity contribution is 0.206. The first-order valence-electron chi connectivity index (χ1n) is 7.42. The average Bonchev–Trinajstić information content (AvgIpc) is 2.93. The number of pyridine rings is 1. The van der Waals surface area contributed by atoms with Crippen molar-refractivity contribution in [1.29, 1.82) is 0 Å². The number of amides is 2. The zero-order chi connectivity index (χ0) is 15.9. The van der Waals surface area contributed by atoms with E-state index in [9.17, 15) is 4.79 Å². The predicted molar refractivity (Wildman–Crippen MR) is 89.0 cm³/mol. The van der Waals surface area contributed by atoms with Crippen molar-refractivity contribution in [3.8, 4) is 0 Å². The minimum atomic E-state index is -0.0801. The molecule has 0 saturated carbocycles. The number of carbonyl (C=O) groups is 1. The SMILES string of the molecule is CCc1ccc(CN(C)C(=O)NCCc2scnc2C)nc1. The van der Waals surface area contributed by atoms with Gasteiger partial charge in [0.2, 0.25) is 0 Å². The molecule has 0 saturated heterocycles. The number of urea groups is 1. The molecule has 2 heterocycles. The smallest absolute Gasteiger partial charge is 0.317 e. The largest absolute Gasteiger partial charge is 0.338 e. The monoisotopic (exact) mass is 318 g/mol. The number of hydrogen-bond donors (Lipinski definition) is 1. The summed E-state index contributed by atoms with van der Waals surface area (Å²) in [5.41, 5.74) is 4.99. The van der Waals surface area contributed by atoms with Gasteiger partial charge in [-0.15, -0.1) is 11.3 Å². The van der Waals surface area contributed by atoms with Crippen LogP contribution in [0.5, 0.6) is 0 Å². The fraction of sp³-hybridized carbons (Fsp3) is 0.438. The molecule has 0 unspecified atom stereocenters. The van der Waals surface area contributed by atoms with Gasteiger partial charge < -0.3 is 10.2 Å². The van der Waals surface area contributed by atoms with Crippen LogP contribution in [0, 0.1) is 6.92 Å². The van der Waals surface area contributed by atoms with Gasteiger partial charge in [-0.05, 0) is 25.0 Å². The standard InChI is InChI=1S/C16H22N4OS/c1-4-13-5-6-14(18-9-13)10-20(3)16(21)17-8-7-15-12(2)19-11-22-15/h5-6,9,11H,4,7-8,10H2,1-3H3,(H,17,21). The highest BCUT2D eigenvalue weighted by Crippen LogP contribution is 2.12. The number of hydrogen-bond acceptors (Lipinski definition) is 4. The van der Waals surface area contributed by atoms with Gasteiger partial charge in [0.05, 0.1) is 23.4 Å². The first-order chi connectivity index (χ1) is 10.6. The molecule has 0 bridgehead atoms. The summed E-state index contributed by atoms with van der Waals surface area (Å²) in [7, 11) is 1.78. The molecule has 118 valence electrons. The van der Waals surface area contributed by atoms with Crippen LogP contribution in [0.2, 0.25) is 0 Å². The van der Waals surface area contributed by atoms with Crippen molar-refractivity contribution in [2.24, 2.45) is 0 Å². The average molecular weight is 318 g/mol. The zero-order valence-electron chi connectivity index (χ0n) is 13.3. The van der Waals surface area contributed by atoms with Crippen LogP contribution in [-0.2, 0) is 19.4 Å². The van der Waals surface area contributed by atoms with Crippen molar-refractivity contribution in [2.45, 2.75) is 33.2 Å². The second-order valence-corrected chi connectivity index (χ2v) is 6.15. The fourth-order valence-electron chi connectivity index (χ4n) is 2.06. The molecule has 0 spiro atoms. The molecule has 2 amide bonds. The van der Waals surface area contributed by atoms with Gasteiger partial charge in [-0.1, -0.05) is 13.0 Å². The van der Waals surface area contributed by atoms with E-state index in [0.717, 1.165) is 24.2 Å². The van der Waals surface area contributed by atoms with Crippen LogP contribution in [-0.4, -0.2) is 34.5 Å². The Hall–Kier alpha value is -1.95. The van der Waals surface area contributed by atoms with Crippen molar-refractivity contribution in [3.63, 3.8) is 0 Å². The molecule has 0 radical (unpaired) electrons. The lowest BCUT2D eigenvalue weighted by Gasteiger charge is -2.17. The highest BCUT2D eigenvalue weighted by molar-refractivity contribution is 7.09. The zero-order valence-corrected chi connectivity index (χ0v) is 14.1. The third-order valence-electron chi connectivity index (χ3n) is 3.51. The third-order valence-corrected chi connectivity index (χ3v) is 4.51. The van der Waals surface area contributed by atoms with Crippen molar-refractivity contribution < 1.29 is 4.79 Å². The van der Waals surface area contributed by atoms with Crippen LogP contribution in [0.4, 0.5) is 4.79 Å². The van der Waals surface area contributed by atoms with Gasteiger partial charge in [0, 0.05) is 31.1 Å². The second kappa shape index (κ2) is 7.89. The number of aromatic nitrogens is 2. The number of thiazole rings is 1. The Kier molecular flexibility index (Phi) is 5.89. The van der Waals surface area contributed by atoms with Gasteiger partial charge >= 0.3 is 6.03 Å². The molecule has 0 fully saturated rings. The van der Waals surface area contributed by atoms with E-state index in [1.165, 1.54) is 10.4 Å². The summed E-state index contributed by atoms with van der Waals surface area (Å²) in [6, 6.07) is 3.95. The topological polar surface area (TPSA) is 58.1 Å². The second-order valence-electron chi connectivity index (χ2n) is 5.21. The van der Waals surface area contributed by atoms with Gasteiger partial charge in [0.25, 0.3) is 0 Å². The number of nitrogens with one attached hydrogen (secondary N) is 1. The van der Waals surface area contributed by atoms with Crippen LogP contribution in [0.15, 0.2) is 23.8 Å². The molecular weight excluding hydrogens is 296 g/mol. The molecule has 2 aromatic heterocycles.